The zero-order valence-electron chi connectivity index (χ0n) is 15.0. The van der Waals surface area contributed by atoms with Crippen LogP contribution in [-0.2, 0) is 16.0 Å². The lowest BCUT2D eigenvalue weighted by Gasteiger charge is -2.14. The first-order valence-electron chi connectivity index (χ1n) is 9.05. The number of nitrogens with zero attached hydrogens (tertiary/aromatic N) is 1. The van der Waals surface area contributed by atoms with E-state index in [1.807, 2.05) is 11.5 Å². The number of aromatic amines is 1. The Kier molecular flexibility index (Phi) is 4.49. The van der Waals surface area contributed by atoms with E-state index in [2.05, 4.69) is 30.1 Å². The average molecular weight is 366 g/mol. The van der Waals surface area contributed by atoms with Crippen molar-refractivity contribution >= 4 is 28.4 Å². The Labute approximate surface area is 156 Å². The average Bonchev–Trinajstić information content (AvgIpc) is 3.17. The molecule has 2 amide bonds. The summed E-state index contributed by atoms with van der Waals surface area (Å²) in [5.74, 6) is -0.869. The molecule has 1 fully saturated rings. The summed E-state index contributed by atoms with van der Waals surface area (Å²) in [7, 11) is 0. The molecule has 0 bridgehead atoms. The van der Waals surface area contributed by atoms with Gasteiger partial charge in [0.2, 0.25) is 5.91 Å². The van der Waals surface area contributed by atoms with Gasteiger partial charge in [0.1, 0.15) is 5.82 Å². The third-order valence-corrected chi connectivity index (χ3v) is 5.05. The van der Waals surface area contributed by atoms with Gasteiger partial charge in [-0.15, -0.1) is 0 Å². The van der Waals surface area contributed by atoms with Gasteiger partial charge in [0.25, 0.3) is 5.91 Å². The summed E-state index contributed by atoms with van der Waals surface area (Å²) in [4.78, 5) is 29.3. The Morgan fingerprint density at radius 1 is 1.19 bits per heavy atom. The van der Waals surface area contributed by atoms with Gasteiger partial charge >= 0.3 is 0 Å². The minimum atomic E-state index is -0.422. The second-order valence-electron chi connectivity index (χ2n) is 6.99. The largest absolute Gasteiger partial charge is 0.361 e. The highest BCUT2D eigenvalue weighted by Gasteiger charge is 2.42. The Bertz CT molecular complexity index is 1010. The molecule has 5 nitrogen and oxygen atoms in total. The molecule has 3 N–H and O–H groups in total. The molecule has 138 valence electrons. The molecule has 0 saturated carbocycles. The molecule has 2 heterocycles. The number of hydrogen-bond donors (Lipinski definition) is 2. The van der Waals surface area contributed by atoms with E-state index in [1.54, 1.807) is 0 Å². The van der Waals surface area contributed by atoms with Gasteiger partial charge in [-0.25, -0.2) is 9.29 Å². The van der Waals surface area contributed by atoms with Crippen molar-refractivity contribution in [3.8, 4) is 0 Å². The second kappa shape index (κ2) is 6.96. The van der Waals surface area contributed by atoms with Gasteiger partial charge in [-0.2, -0.15) is 0 Å². The Morgan fingerprint density at radius 2 is 1.96 bits per heavy atom. The SMILES string of the molecule is Cc1ccc2[nH]cc(CC[NH2+][C@@H]3CC(=O)N(c4ccc(F)cc4)C3=O)c2c1. The van der Waals surface area contributed by atoms with Crippen LogP contribution in [-0.4, -0.2) is 29.4 Å². The molecule has 1 aliphatic rings. The van der Waals surface area contributed by atoms with Gasteiger partial charge in [0.05, 0.1) is 18.7 Å². The molecule has 1 atom stereocenters. The van der Waals surface area contributed by atoms with E-state index in [4.69, 9.17) is 0 Å². The molecule has 3 aromatic rings. The number of benzene rings is 2. The fourth-order valence-electron chi connectivity index (χ4n) is 3.64. The number of rotatable bonds is 5. The monoisotopic (exact) mass is 366 g/mol. The highest BCUT2D eigenvalue weighted by molar-refractivity contribution is 6.21. The Morgan fingerprint density at radius 3 is 2.74 bits per heavy atom. The van der Waals surface area contributed by atoms with E-state index in [-0.39, 0.29) is 18.2 Å². The molecule has 6 heteroatoms. The molecule has 0 aliphatic carbocycles. The van der Waals surface area contributed by atoms with Crippen molar-refractivity contribution in [1.82, 2.24) is 4.98 Å². The summed E-state index contributed by atoms with van der Waals surface area (Å²) in [6.07, 6.45) is 2.98. The smallest absolute Gasteiger partial charge is 0.292 e. The minimum absolute atomic E-state index is 0.170. The maximum atomic E-state index is 13.1. The van der Waals surface area contributed by atoms with Crippen LogP contribution in [0.1, 0.15) is 17.5 Å². The van der Waals surface area contributed by atoms with Crippen LogP contribution >= 0.6 is 0 Å². The van der Waals surface area contributed by atoms with E-state index < -0.39 is 11.9 Å². The van der Waals surface area contributed by atoms with Gasteiger partial charge in [0, 0.05) is 23.5 Å². The summed E-state index contributed by atoms with van der Waals surface area (Å²) in [6, 6.07) is 11.3. The van der Waals surface area contributed by atoms with E-state index in [0.717, 1.165) is 16.8 Å². The number of hydrogen-bond acceptors (Lipinski definition) is 2. The predicted molar refractivity (Wildman–Crippen MR) is 101 cm³/mol. The first kappa shape index (κ1) is 17.4. The number of aryl methyl sites for hydroxylation is 1. The lowest BCUT2D eigenvalue weighted by molar-refractivity contribution is -0.674. The number of quaternary nitrogens is 1. The summed E-state index contributed by atoms with van der Waals surface area (Å²) < 4.78 is 13.1. The van der Waals surface area contributed by atoms with Crippen molar-refractivity contribution in [2.75, 3.05) is 11.4 Å². The minimum Gasteiger partial charge on any atom is -0.361 e. The molecule has 1 saturated heterocycles. The normalized spacial score (nSPS) is 17.3. The number of amides is 2. The molecule has 0 radical (unpaired) electrons. The van der Waals surface area contributed by atoms with Crippen molar-refractivity contribution in [2.45, 2.75) is 25.8 Å². The molecular formula is C21H21FN3O2+. The van der Waals surface area contributed by atoms with Crippen molar-refractivity contribution in [3.63, 3.8) is 0 Å². The van der Waals surface area contributed by atoms with E-state index in [0.29, 0.717) is 12.2 Å². The maximum Gasteiger partial charge on any atom is 0.292 e. The standard InChI is InChI=1S/C21H20FN3O2/c1-13-2-7-18-17(10-13)14(12-24-18)8-9-23-19-11-20(26)25(21(19)27)16-5-3-15(22)4-6-16/h2-7,10,12,19,23-24H,8-9,11H2,1H3/p+1/t19-/m1/s1. The van der Waals surface area contributed by atoms with Crippen LogP contribution in [0.4, 0.5) is 10.1 Å². The van der Waals surface area contributed by atoms with Crippen LogP contribution in [0.5, 0.6) is 0 Å². The molecule has 1 aromatic heterocycles. The predicted octanol–water partition coefficient (Wildman–Crippen LogP) is 2.05. The summed E-state index contributed by atoms with van der Waals surface area (Å²) in [5.41, 5.74) is 3.94. The van der Waals surface area contributed by atoms with E-state index in [9.17, 15) is 14.0 Å². The third-order valence-electron chi connectivity index (χ3n) is 5.05. The number of carbonyl (C=O) groups is 2. The summed E-state index contributed by atoms with van der Waals surface area (Å²) in [6.45, 7) is 2.77. The number of H-pyrrole nitrogens is 1. The van der Waals surface area contributed by atoms with Crippen molar-refractivity contribution in [2.24, 2.45) is 0 Å². The van der Waals surface area contributed by atoms with Crippen LogP contribution < -0.4 is 10.2 Å². The molecule has 0 unspecified atom stereocenters. The van der Waals surface area contributed by atoms with Crippen molar-refractivity contribution in [1.29, 1.82) is 0 Å². The number of halogens is 1. The number of aromatic nitrogens is 1. The summed E-state index contributed by atoms with van der Waals surface area (Å²) >= 11 is 0. The third kappa shape index (κ3) is 3.36. The fourth-order valence-corrected chi connectivity index (χ4v) is 3.64. The maximum absolute atomic E-state index is 13.1. The number of nitrogens with two attached hydrogens (primary N) is 1. The van der Waals surface area contributed by atoms with Gasteiger partial charge in [-0.3, -0.25) is 9.59 Å². The van der Waals surface area contributed by atoms with Crippen molar-refractivity contribution in [3.05, 3.63) is 65.6 Å². The lowest BCUT2D eigenvalue weighted by atomic mass is 10.1. The van der Waals surface area contributed by atoms with Gasteiger partial charge in [-0.05, 0) is 48.9 Å². The van der Waals surface area contributed by atoms with Crippen LogP contribution in [0.15, 0.2) is 48.7 Å². The van der Waals surface area contributed by atoms with Gasteiger partial charge < -0.3 is 10.3 Å². The number of imide groups is 1. The fraction of sp³-hybridized carbons (Fsp3) is 0.238. The topological polar surface area (TPSA) is 69.8 Å². The zero-order valence-corrected chi connectivity index (χ0v) is 15.0. The molecule has 1 aliphatic heterocycles. The highest BCUT2D eigenvalue weighted by atomic mass is 19.1. The van der Waals surface area contributed by atoms with Crippen LogP contribution in [0.2, 0.25) is 0 Å². The lowest BCUT2D eigenvalue weighted by Crippen LogP contribution is -2.92. The Balaban J connectivity index is 1.41. The first-order chi connectivity index (χ1) is 13.0. The highest BCUT2D eigenvalue weighted by Crippen LogP contribution is 2.22. The van der Waals surface area contributed by atoms with Crippen LogP contribution in [0.3, 0.4) is 0 Å². The number of fused-ring (bicyclic) bond motifs is 1. The second-order valence-corrected chi connectivity index (χ2v) is 6.99. The summed E-state index contributed by atoms with van der Waals surface area (Å²) in [5, 5.41) is 3.13. The number of anilines is 1. The molecule has 2 aromatic carbocycles. The number of carbonyl (C=O) groups excluding carboxylic acids is 2. The first-order valence-corrected chi connectivity index (χ1v) is 9.05. The molecule has 27 heavy (non-hydrogen) atoms. The molecule has 0 spiro atoms. The zero-order chi connectivity index (χ0) is 19.0. The number of nitrogens with one attached hydrogen (secondary N) is 1. The molecular weight excluding hydrogens is 345 g/mol. The van der Waals surface area contributed by atoms with Crippen LogP contribution in [0, 0.1) is 12.7 Å². The van der Waals surface area contributed by atoms with Gasteiger partial charge in [0.15, 0.2) is 6.04 Å². The van der Waals surface area contributed by atoms with Crippen LogP contribution in [0.25, 0.3) is 10.9 Å². The van der Waals surface area contributed by atoms with Gasteiger partial charge in [-0.1, -0.05) is 11.6 Å². The molecule has 4 rings (SSSR count). The quantitative estimate of drug-likeness (QED) is 0.679. The van der Waals surface area contributed by atoms with E-state index >= 15 is 0 Å². The van der Waals surface area contributed by atoms with Crippen molar-refractivity contribution < 1.29 is 19.3 Å². The Hall–Kier alpha value is -2.99. The van der Waals surface area contributed by atoms with E-state index in [1.165, 1.54) is 40.8 Å².